The third-order valence-corrected chi connectivity index (χ3v) is 5.63. The van der Waals surface area contributed by atoms with E-state index in [1.54, 1.807) is 13.0 Å². The molecule has 126 valence electrons. The van der Waals surface area contributed by atoms with Crippen LogP contribution in [-0.4, -0.2) is 28.8 Å². The summed E-state index contributed by atoms with van der Waals surface area (Å²) in [4.78, 5) is 25.4. The maximum atomic E-state index is 13.6. The second-order valence-corrected chi connectivity index (χ2v) is 8.14. The molecule has 1 N–H and O–H groups in total. The molecule has 0 aromatic carbocycles. The Labute approximate surface area is 142 Å². The van der Waals surface area contributed by atoms with Crippen LogP contribution in [0.3, 0.4) is 0 Å². The Hall–Kier alpha value is -1.24. The van der Waals surface area contributed by atoms with E-state index < -0.39 is 17.0 Å². The Bertz CT molecular complexity index is 630. The zero-order chi connectivity index (χ0) is 17.0. The minimum atomic E-state index is -2.59. The van der Waals surface area contributed by atoms with E-state index in [1.165, 1.54) is 4.90 Å². The van der Waals surface area contributed by atoms with Crippen molar-refractivity contribution in [2.45, 2.75) is 57.5 Å². The highest BCUT2D eigenvalue weighted by molar-refractivity contribution is 9.11. The van der Waals surface area contributed by atoms with E-state index in [4.69, 9.17) is 0 Å². The van der Waals surface area contributed by atoms with Gasteiger partial charge in [-0.15, -0.1) is 0 Å². The van der Waals surface area contributed by atoms with Crippen molar-refractivity contribution in [3.8, 4) is 0 Å². The zero-order valence-electron chi connectivity index (χ0n) is 13.1. The molecule has 0 aromatic heterocycles. The average Bonchev–Trinajstić information content (AvgIpc) is 2.85. The number of allylic oxidation sites excluding steroid dienone is 3. The molecule has 0 bridgehead atoms. The van der Waals surface area contributed by atoms with Crippen molar-refractivity contribution in [1.82, 2.24) is 10.2 Å². The minimum Gasteiger partial charge on any atom is -0.327 e. The number of hydrogen-bond donors (Lipinski definition) is 1. The molecule has 2 saturated carbocycles. The van der Waals surface area contributed by atoms with Crippen LogP contribution in [0.4, 0.5) is 8.78 Å². The first kappa shape index (κ1) is 16.6. The van der Waals surface area contributed by atoms with Crippen LogP contribution in [-0.2, 0) is 9.59 Å². The van der Waals surface area contributed by atoms with Gasteiger partial charge in [-0.2, -0.15) is 0 Å². The second kappa shape index (κ2) is 5.13. The van der Waals surface area contributed by atoms with Gasteiger partial charge in [0.25, 0.3) is 11.8 Å². The van der Waals surface area contributed by atoms with Crippen molar-refractivity contribution < 1.29 is 18.4 Å². The Balaban J connectivity index is 1.89. The Morgan fingerprint density at radius 1 is 1.26 bits per heavy atom. The van der Waals surface area contributed by atoms with Gasteiger partial charge in [0.1, 0.15) is 11.4 Å². The molecule has 2 spiro atoms. The minimum absolute atomic E-state index is 0.0711. The molecule has 2 amide bonds. The molecule has 0 unspecified atom stereocenters. The molecule has 2 aliphatic carbocycles. The number of amides is 2. The van der Waals surface area contributed by atoms with Crippen LogP contribution in [0.15, 0.2) is 21.8 Å². The first-order chi connectivity index (χ1) is 10.7. The van der Waals surface area contributed by atoms with Gasteiger partial charge >= 0.3 is 0 Å². The van der Waals surface area contributed by atoms with Crippen LogP contribution in [0.1, 0.15) is 46.0 Å². The first-order valence-corrected chi connectivity index (χ1v) is 8.45. The van der Waals surface area contributed by atoms with Crippen LogP contribution in [0.2, 0.25) is 0 Å². The summed E-state index contributed by atoms with van der Waals surface area (Å²) < 4.78 is 28.0. The van der Waals surface area contributed by atoms with Gasteiger partial charge in [0.15, 0.2) is 0 Å². The second-order valence-electron chi connectivity index (χ2n) is 6.89. The third kappa shape index (κ3) is 2.44. The highest BCUT2D eigenvalue weighted by atomic mass is 79.9. The lowest BCUT2D eigenvalue weighted by molar-refractivity contribution is -0.122. The van der Waals surface area contributed by atoms with Crippen molar-refractivity contribution in [2.24, 2.45) is 5.41 Å². The highest BCUT2D eigenvalue weighted by Crippen LogP contribution is 2.68. The van der Waals surface area contributed by atoms with E-state index in [1.807, 2.05) is 6.92 Å². The summed E-state index contributed by atoms with van der Waals surface area (Å²) >= 11 is 3.31. The quantitative estimate of drug-likeness (QED) is 0.581. The van der Waals surface area contributed by atoms with Crippen molar-refractivity contribution in [1.29, 1.82) is 0 Å². The van der Waals surface area contributed by atoms with Crippen LogP contribution in [0.25, 0.3) is 0 Å². The average molecular weight is 389 g/mol. The van der Waals surface area contributed by atoms with Crippen LogP contribution in [0.5, 0.6) is 0 Å². The maximum Gasteiger partial charge on any atom is 0.270 e. The fraction of sp³-hybridized carbons (Fsp3) is 0.625. The van der Waals surface area contributed by atoms with Crippen molar-refractivity contribution in [3.05, 3.63) is 21.8 Å². The molecule has 3 aliphatic rings. The van der Waals surface area contributed by atoms with E-state index in [0.717, 1.165) is 4.48 Å². The van der Waals surface area contributed by atoms with E-state index in [0.29, 0.717) is 43.4 Å². The summed E-state index contributed by atoms with van der Waals surface area (Å²) in [6, 6.07) is 0. The molecule has 1 aliphatic heterocycles. The van der Waals surface area contributed by atoms with Gasteiger partial charge in [-0.1, -0.05) is 15.9 Å². The number of rotatable bonds is 2. The smallest absolute Gasteiger partial charge is 0.270 e. The number of nitrogens with zero attached hydrogens (tertiary/aromatic N) is 1. The molecule has 0 atom stereocenters. The number of carbonyl (C=O) groups is 2. The zero-order valence-corrected chi connectivity index (χ0v) is 14.7. The predicted octanol–water partition coefficient (Wildman–Crippen LogP) is 3.44. The van der Waals surface area contributed by atoms with Gasteiger partial charge in [0, 0.05) is 11.8 Å². The van der Waals surface area contributed by atoms with E-state index in [2.05, 4.69) is 21.2 Å². The summed E-state index contributed by atoms with van der Waals surface area (Å²) in [7, 11) is 0. The molecule has 1 saturated heterocycles. The molecule has 1 heterocycles. The van der Waals surface area contributed by atoms with Gasteiger partial charge < -0.3 is 5.32 Å². The van der Waals surface area contributed by atoms with E-state index in [-0.39, 0.29) is 12.3 Å². The summed E-state index contributed by atoms with van der Waals surface area (Å²) in [5.41, 5.74) is -0.797. The Morgan fingerprint density at radius 3 is 2.26 bits per heavy atom. The lowest BCUT2D eigenvalue weighted by Gasteiger charge is -2.41. The molecule has 0 radical (unpaired) electrons. The van der Waals surface area contributed by atoms with Crippen molar-refractivity contribution in [2.75, 3.05) is 0 Å². The van der Waals surface area contributed by atoms with Gasteiger partial charge in [-0.25, -0.2) is 8.78 Å². The Morgan fingerprint density at radius 2 is 1.83 bits per heavy atom. The van der Waals surface area contributed by atoms with Crippen LogP contribution >= 0.6 is 15.9 Å². The lowest BCUT2D eigenvalue weighted by Crippen LogP contribution is -2.54. The first-order valence-electron chi connectivity index (χ1n) is 7.66. The van der Waals surface area contributed by atoms with Gasteiger partial charge in [0.05, 0.1) is 0 Å². The van der Waals surface area contributed by atoms with Gasteiger partial charge in [-0.3, -0.25) is 14.5 Å². The number of carbonyl (C=O) groups excluding carboxylic acids is 2. The molecule has 4 nitrogen and oxygen atoms in total. The largest absolute Gasteiger partial charge is 0.327 e. The number of hydrogen-bond acceptors (Lipinski definition) is 2. The van der Waals surface area contributed by atoms with E-state index in [9.17, 15) is 18.4 Å². The number of nitrogens with one attached hydrogen (secondary N) is 1. The molecular formula is C16H19BrF2N2O2. The molecule has 23 heavy (non-hydrogen) atoms. The fourth-order valence-corrected chi connectivity index (χ4v) is 4.32. The molecule has 3 rings (SSSR count). The van der Waals surface area contributed by atoms with Crippen molar-refractivity contribution in [3.63, 3.8) is 0 Å². The predicted molar refractivity (Wildman–Crippen MR) is 84.6 cm³/mol. The normalized spacial score (nSPS) is 38.0. The third-order valence-electron chi connectivity index (χ3n) is 5.40. The van der Waals surface area contributed by atoms with Gasteiger partial charge in [0.2, 0.25) is 6.41 Å². The standard InChI is InChI=1S/C16H19BrF2N2O2/c1-10(7-11(2)17)12-13(23)20-15(21(12)9-22)5-3-14(4-6-15)8-16(14,18)19/h7,9H,3-6,8H2,1-2H3,(H,20,23)/b11-7+,12-10-. The molecule has 3 fully saturated rings. The Kier molecular flexibility index (Phi) is 3.70. The summed E-state index contributed by atoms with van der Waals surface area (Å²) in [5.74, 6) is -2.91. The maximum absolute atomic E-state index is 13.6. The molecule has 0 aromatic rings. The van der Waals surface area contributed by atoms with E-state index >= 15 is 0 Å². The summed E-state index contributed by atoms with van der Waals surface area (Å²) in [6.07, 6.45) is 3.70. The molecular weight excluding hydrogens is 370 g/mol. The van der Waals surface area contributed by atoms with Crippen LogP contribution in [0, 0.1) is 5.41 Å². The lowest BCUT2D eigenvalue weighted by atomic mass is 9.78. The SMILES string of the molecule is CC(/C=C(\C)Br)=C1\C(=O)NC2(CCC3(CC2)CC3(F)F)N1C=O. The van der Waals surface area contributed by atoms with Gasteiger partial charge in [-0.05, 0) is 55.7 Å². The summed E-state index contributed by atoms with van der Waals surface area (Å²) in [6.45, 7) is 3.59. The highest BCUT2D eigenvalue weighted by Gasteiger charge is 2.72. The summed E-state index contributed by atoms with van der Waals surface area (Å²) in [5, 5.41) is 2.88. The van der Waals surface area contributed by atoms with Crippen LogP contribution < -0.4 is 5.32 Å². The van der Waals surface area contributed by atoms with Crippen molar-refractivity contribution >= 4 is 28.2 Å². The molecule has 7 heteroatoms. The number of alkyl halides is 2. The monoisotopic (exact) mass is 388 g/mol. The topological polar surface area (TPSA) is 49.4 Å². The number of halogens is 3. The fourth-order valence-electron chi connectivity index (χ4n) is 3.97.